The van der Waals surface area contributed by atoms with E-state index in [1.807, 2.05) is 0 Å². The molecule has 94 valence electrons. The Morgan fingerprint density at radius 3 is 3.06 bits per heavy atom. The summed E-state index contributed by atoms with van der Waals surface area (Å²) >= 11 is 5.81. The number of hydrogen-bond donors (Lipinski definition) is 2. The topological polar surface area (TPSA) is 92.8 Å². The molecule has 1 aromatic heterocycles. The predicted octanol–water partition coefficient (Wildman–Crippen LogP) is 1.26. The number of nitrogens with one attached hydrogen (secondary N) is 2. The largest absolute Gasteiger partial charge is 0.481 e. The van der Waals surface area contributed by atoms with Crippen LogP contribution in [0.5, 0.6) is 5.75 Å². The number of H-pyrrole nitrogens is 1. The van der Waals surface area contributed by atoms with Crippen molar-refractivity contribution >= 4 is 23.5 Å². The molecule has 0 aliphatic heterocycles. The van der Waals surface area contributed by atoms with E-state index in [0.29, 0.717) is 10.8 Å². The van der Waals surface area contributed by atoms with E-state index < -0.39 is 6.10 Å². The molecule has 0 spiro atoms. The van der Waals surface area contributed by atoms with E-state index in [1.165, 1.54) is 0 Å². The van der Waals surface area contributed by atoms with Crippen LogP contribution < -0.4 is 10.1 Å². The normalized spacial score (nSPS) is 11.9. The number of carbonyl (C=O) groups excluding carboxylic acids is 1. The maximum Gasteiger partial charge on any atom is 0.269 e. The Hall–Kier alpha value is -2.15. The Balaban J connectivity index is 1.95. The van der Waals surface area contributed by atoms with Gasteiger partial charge in [0.05, 0.1) is 0 Å². The van der Waals surface area contributed by atoms with E-state index in [0.717, 1.165) is 0 Å². The van der Waals surface area contributed by atoms with E-state index in [4.69, 9.17) is 16.3 Å². The first-order valence-electron chi connectivity index (χ1n) is 5.11. The van der Waals surface area contributed by atoms with Crippen molar-refractivity contribution in [1.82, 2.24) is 20.6 Å². The van der Waals surface area contributed by atoms with Gasteiger partial charge < -0.3 is 4.74 Å². The number of anilines is 1. The standard InChI is InChI=1S/C10H10ClN5O2/c1-6(9(17)12-10-13-15-16-14-10)18-8-4-2-3-7(11)5-8/h2-6H,1H3,(H2,12,13,14,15,16,17)/t6-/m1/s1. The summed E-state index contributed by atoms with van der Waals surface area (Å²) < 4.78 is 5.42. The molecule has 8 heteroatoms. The monoisotopic (exact) mass is 267 g/mol. The highest BCUT2D eigenvalue weighted by Crippen LogP contribution is 2.18. The van der Waals surface area contributed by atoms with Crippen LogP contribution in [0.3, 0.4) is 0 Å². The summed E-state index contributed by atoms with van der Waals surface area (Å²) in [6.07, 6.45) is -0.707. The fraction of sp³-hybridized carbons (Fsp3) is 0.200. The third-order valence-electron chi connectivity index (χ3n) is 2.06. The summed E-state index contributed by atoms with van der Waals surface area (Å²) in [6, 6.07) is 6.80. The van der Waals surface area contributed by atoms with Crippen molar-refractivity contribution in [1.29, 1.82) is 0 Å². The minimum absolute atomic E-state index is 0.0987. The Kier molecular flexibility index (Phi) is 3.73. The van der Waals surface area contributed by atoms with E-state index in [-0.39, 0.29) is 11.9 Å². The number of benzene rings is 1. The van der Waals surface area contributed by atoms with Crippen LogP contribution in [0, 0.1) is 0 Å². The van der Waals surface area contributed by atoms with E-state index in [1.54, 1.807) is 31.2 Å². The van der Waals surface area contributed by atoms with Crippen molar-refractivity contribution in [2.75, 3.05) is 5.32 Å². The predicted molar refractivity (Wildman–Crippen MR) is 64.3 cm³/mol. The van der Waals surface area contributed by atoms with Gasteiger partial charge in [-0.2, -0.15) is 5.21 Å². The Bertz CT molecular complexity index is 531. The highest BCUT2D eigenvalue weighted by molar-refractivity contribution is 6.30. The molecule has 0 aliphatic rings. The summed E-state index contributed by atoms with van der Waals surface area (Å²) in [5.41, 5.74) is 0. The minimum Gasteiger partial charge on any atom is -0.481 e. The molecule has 0 saturated heterocycles. The molecule has 0 radical (unpaired) electrons. The van der Waals surface area contributed by atoms with Gasteiger partial charge in [0.1, 0.15) is 5.75 Å². The Labute approximate surface area is 107 Å². The van der Waals surface area contributed by atoms with Gasteiger partial charge in [-0.25, -0.2) is 0 Å². The fourth-order valence-corrected chi connectivity index (χ4v) is 1.40. The third kappa shape index (κ3) is 3.17. The molecule has 2 aromatic rings. The number of carbonyl (C=O) groups is 1. The number of nitrogens with zero attached hydrogens (tertiary/aromatic N) is 3. The molecule has 1 aromatic carbocycles. The van der Waals surface area contributed by atoms with Gasteiger partial charge in [-0.1, -0.05) is 22.8 Å². The van der Waals surface area contributed by atoms with Crippen LogP contribution in [0.2, 0.25) is 5.02 Å². The number of halogens is 1. The summed E-state index contributed by atoms with van der Waals surface area (Å²) in [5, 5.41) is 15.7. The molecule has 0 saturated carbocycles. The number of ether oxygens (including phenoxy) is 1. The van der Waals surface area contributed by atoms with Gasteiger partial charge in [-0.15, -0.1) is 5.10 Å². The van der Waals surface area contributed by atoms with Gasteiger partial charge in [0.25, 0.3) is 11.9 Å². The molecule has 0 bridgehead atoms. The summed E-state index contributed by atoms with van der Waals surface area (Å²) in [4.78, 5) is 11.7. The van der Waals surface area contributed by atoms with Crippen molar-refractivity contribution in [2.45, 2.75) is 13.0 Å². The van der Waals surface area contributed by atoms with Crippen molar-refractivity contribution in [3.05, 3.63) is 29.3 Å². The average molecular weight is 268 g/mol. The minimum atomic E-state index is -0.707. The summed E-state index contributed by atoms with van der Waals surface area (Å²) in [5.74, 6) is 0.233. The number of aromatic nitrogens is 4. The molecule has 0 fully saturated rings. The fourth-order valence-electron chi connectivity index (χ4n) is 1.22. The zero-order chi connectivity index (χ0) is 13.0. The summed E-state index contributed by atoms with van der Waals surface area (Å²) in [7, 11) is 0. The summed E-state index contributed by atoms with van der Waals surface area (Å²) in [6.45, 7) is 1.61. The Morgan fingerprint density at radius 1 is 1.56 bits per heavy atom. The van der Waals surface area contributed by atoms with E-state index in [2.05, 4.69) is 25.9 Å². The van der Waals surface area contributed by atoms with Crippen LogP contribution in [0.25, 0.3) is 0 Å². The van der Waals surface area contributed by atoms with Gasteiger partial charge in [0.2, 0.25) is 0 Å². The van der Waals surface area contributed by atoms with Crippen LogP contribution in [-0.4, -0.2) is 32.6 Å². The lowest BCUT2D eigenvalue weighted by molar-refractivity contribution is -0.122. The molecule has 2 rings (SSSR count). The van der Waals surface area contributed by atoms with Crippen molar-refractivity contribution in [2.24, 2.45) is 0 Å². The number of aromatic amines is 1. The highest BCUT2D eigenvalue weighted by atomic mass is 35.5. The van der Waals surface area contributed by atoms with Crippen LogP contribution in [0.4, 0.5) is 5.95 Å². The molecule has 1 atom stereocenters. The van der Waals surface area contributed by atoms with Crippen LogP contribution in [0.15, 0.2) is 24.3 Å². The lowest BCUT2D eigenvalue weighted by Gasteiger charge is -2.13. The van der Waals surface area contributed by atoms with E-state index in [9.17, 15) is 4.79 Å². The van der Waals surface area contributed by atoms with Crippen molar-refractivity contribution in [3.63, 3.8) is 0 Å². The molecule has 18 heavy (non-hydrogen) atoms. The van der Waals surface area contributed by atoms with Gasteiger partial charge in [-0.3, -0.25) is 10.1 Å². The molecule has 2 N–H and O–H groups in total. The van der Waals surface area contributed by atoms with Crippen molar-refractivity contribution in [3.8, 4) is 5.75 Å². The SMILES string of the molecule is C[C@@H](Oc1cccc(Cl)c1)C(=O)Nc1nn[nH]n1. The second-order valence-corrected chi connectivity index (χ2v) is 3.88. The van der Waals surface area contributed by atoms with Crippen LogP contribution >= 0.6 is 11.6 Å². The average Bonchev–Trinajstić information content (AvgIpc) is 2.81. The molecular formula is C10H10ClN5O2. The third-order valence-corrected chi connectivity index (χ3v) is 2.29. The van der Waals surface area contributed by atoms with Crippen LogP contribution in [0.1, 0.15) is 6.92 Å². The van der Waals surface area contributed by atoms with Gasteiger partial charge in [0.15, 0.2) is 6.10 Å². The second-order valence-electron chi connectivity index (χ2n) is 3.44. The molecule has 1 heterocycles. The first-order chi connectivity index (χ1) is 8.65. The quantitative estimate of drug-likeness (QED) is 0.870. The maximum absolute atomic E-state index is 11.7. The van der Waals surface area contributed by atoms with E-state index >= 15 is 0 Å². The molecule has 0 aliphatic carbocycles. The zero-order valence-corrected chi connectivity index (χ0v) is 10.2. The first kappa shape index (κ1) is 12.3. The molecule has 0 unspecified atom stereocenters. The first-order valence-corrected chi connectivity index (χ1v) is 5.49. The zero-order valence-electron chi connectivity index (χ0n) is 9.42. The number of amides is 1. The lowest BCUT2D eigenvalue weighted by atomic mass is 10.3. The van der Waals surface area contributed by atoms with Gasteiger partial charge in [-0.05, 0) is 30.3 Å². The number of rotatable bonds is 4. The molecule has 1 amide bonds. The number of hydrogen-bond acceptors (Lipinski definition) is 5. The van der Waals surface area contributed by atoms with Crippen molar-refractivity contribution < 1.29 is 9.53 Å². The second kappa shape index (κ2) is 5.46. The Morgan fingerprint density at radius 2 is 2.39 bits per heavy atom. The molecular weight excluding hydrogens is 258 g/mol. The highest BCUT2D eigenvalue weighted by Gasteiger charge is 2.16. The molecule has 7 nitrogen and oxygen atoms in total. The number of tetrazole rings is 1. The van der Waals surface area contributed by atoms with Gasteiger partial charge in [0, 0.05) is 5.02 Å². The van der Waals surface area contributed by atoms with Gasteiger partial charge >= 0.3 is 0 Å². The lowest BCUT2D eigenvalue weighted by Crippen LogP contribution is -2.30. The smallest absolute Gasteiger partial charge is 0.269 e. The maximum atomic E-state index is 11.7. The van der Waals surface area contributed by atoms with Crippen LogP contribution in [-0.2, 0) is 4.79 Å².